The van der Waals surface area contributed by atoms with Crippen LogP contribution >= 0.6 is 0 Å². The normalized spacial score (nSPS) is 10.0. The molecule has 0 saturated carbocycles. The smallest absolute Gasteiger partial charge is 0.166 e. The summed E-state index contributed by atoms with van der Waals surface area (Å²) in [5.74, 6) is -0.991. The summed E-state index contributed by atoms with van der Waals surface area (Å²) in [6, 6.07) is 9.18. The van der Waals surface area contributed by atoms with Gasteiger partial charge in [-0.1, -0.05) is 6.07 Å². The summed E-state index contributed by atoms with van der Waals surface area (Å²) in [5, 5.41) is 0. The fourth-order valence-corrected chi connectivity index (χ4v) is 1.33. The van der Waals surface area contributed by atoms with Crippen LogP contribution in [0, 0.1) is 11.6 Å². The zero-order valence-electron chi connectivity index (χ0n) is 8.69. The second-order valence-corrected chi connectivity index (χ2v) is 3.37. The van der Waals surface area contributed by atoms with E-state index in [4.69, 9.17) is 4.74 Å². The summed E-state index contributed by atoms with van der Waals surface area (Å²) in [5.41, 5.74) is 0.217. The molecule has 2 aromatic rings. The molecule has 0 amide bonds. The Balaban J connectivity index is 2.27. The van der Waals surface area contributed by atoms with Crippen molar-refractivity contribution in [1.29, 1.82) is 0 Å². The SMILES string of the molecule is O=Cc1ccc(Oc2cccc(F)c2)c(F)c1. The highest BCUT2D eigenvalue weighted by atomic mass is 19.1. The molecule has 0 atom stereocenters. The molecule has 4 heteroatoms. The first-order valence-corrected chi connectivity index (χ1v) is 4.87. The van der Waals surface area contributed by atoms with Gasteiger partial charge in [-0.2, -0.15) is 0 Å². The number of ether oxygens (including phenoxy) is 1. The predicted molar refractivity (Wildman–Crippen MR) is 58.3 cm³/mol. The molecule has 0 saturated heterocycles. The van der Waals surface area contributed by atoms with Crippen molar-refractivity contribution in [3.8, 4) is 11.5 Å². The van der Waals surface area contributed by atoms with Crippen molar-refractivity contribution in [2.45, 2.75) is 0 Å². The Morgan fingerprint density at radius 1 is 1.06 bits per heavy atom. The van der Waals surface area contributed by atoms with Crippen molar-refractivity contribution in [3.63, 3.8) is 0 Å². The Labute approximate surface area is 96.5 Å². The van der Waals surface area contributed by atoms with Crippen molar-refractivity contribution >= 4 is 6.29 Å². The number of carbonyl (C=O) groups excluding carboxylic acids is 1. The molecule has 0 N–H and O–H groups in total. The van der Waals surface area contributed by atoms with Crippen molar-refractivity contribution in [3.05, 3.63) is 59.7 Å². The lowest BCUT2D eigenvalue weighted by Gasteiger charge is -2.06. The van der Waals surface area contributed by atoms with E-state index in [2.05, 4.69) is 0 Å². The lowest BCUT2D eigenvalue weighted by Crippen LogP contribution is -1.90. The average molecular weight is 234 g/mol. The van der Waals surface area contributed by atoms with E-state index in [1.807, 2.05) is 0 Å². The maximum Gasteiger partial charge on any atom is 0.166 e. The molecule has 0 aliphatic heterocycles. The molecule has 0 heterocycles. The van der Waals surface area contributed by atoms with E-state index in [1.165, 1.54) is 30.3 Å². The van der Waals surface area contributed by atoms with Gasteiger partial charge in [-0.25, -0.2) is 8.78 Å². The third kappa shape index (κ3) is 2.66. The average Bonchev–Trinajstić information content (AvgIpc) is 2.32. The summed E-state index contributed by atoms with van der Waals surface area (Å²) >= 11 is 0. The van der Waals surface area contributed by atoms with Crippen LogP contribution in [0.4, 0.5) is 8.78 Å². The standard InChI is InChI=1S/C13H8F2O2/c14-10-2-1-3-11(7-10)17-13-5-4-9(8-16)6-12(13)15/h1-8H. The topological polar surface area (TPSA) is 26.3 Å². The van der Waals surface area contributed by atoms with Gasteiger partial charge in [0.25, 0.3) is 0 Å². The Hall–Kier alpha value is -2.23. The van der Waals surface area contributed by atoms with Crippen LogP contribution in [0.15, 0.2) is 42.5 Å². The van der Waals surface area contributed by atoms with Gasteiger partial charge >= 0.3 is 0 Å². The molecule has 17 heavy (non-hydrogen) atoms. The predicted octanol–water partition coefficient (Wildman–Crippen LogP) is 3.57. The third-order valence-electron chi connectivity index (χ3n) is 2.12. The number of rotatable bonds is 3. The van der Waals surface area contributed by atoms with Crippen LogP contribution in [-0.2, 0) is 0 Å². The quantitative estimate of drug-likeness (QED) is 0.759. The number of hydrogen-bond donors (Lipinski definition) is 0. The van der Waals surface area contributed by atoms with E-state index < -0.39 is 11.6 Å². The van der Waals surface area contributed by atoms with Gasteiger partial charge in [0.1, 0.15) is 17.9 Å². The van der Waals surface area contributed by atoms with Gasteiger partial charge in [0.2, 0.25) is 0 Å². The molecule has 0 aliphatic carbocycles. The van der Waals surface area contributed by atoms with Gasteiger partial charge in [0.15, 0.2) is 11.6 Å². The fraction of sp³-hybridized carbons (Fsp3) is 0. The molecule has 2 aromatic carbocycles. The zero-order valence-corrected chi connectivity index (χ0v) is 8.69. The molecule has 0 unspecified atom stereocenters. The minimum Gasteiger partial charge on any atom is -0.454 e. The van der Waals surface area contributed by atoms with Gasteiger partial charge in [0.05, 0.1) is 0 Å². The van der Waals surface area contributed by atoms with Gasteiger partial charge in [-0.05, 0) is 30.3 Å². The maximum absolute atomic E-state index is 13.4. The monoisotopic (exact) mass is 234 g/mol. The van der Waals surface area contributed by atoms with Gasteiger partial charge in [0, 0.05) is 11.6 Å². The van der Waals surface area contributed by atoms with Crippen molar-refractivity contribution in [1.82, 2.24) is 0 Å². The van der Waals surface area contributed by atoms with Crippen LogP contribution in [-0.4, -0.2) is 6.29 Å². The highest BCUT2D eigenvalue weighted by molar-refractivity contribution is 5.75. The maximum atomic E-state index is 13.4. The highest BCUT2D eigenvalue weighted by Crippen LogP contribution is 2.25. The molecule has 2 rings (SSSR count). The number of benzene rings is 2. The van der Waals surface area contributed by atoms with Crippen molar-refractivity contribution in [2.24, 2.45) is 0 Å². The van der Waals surface area contributed by atoms with E-state index in [9.17, 15) is 13.6 Å². The van der Waals surface area contributed by atoms with E-state index in [1.54, 1.807) is 0 Å². The van der Waals surface area contributed by atoms with E-state index in [-0.39, 0.29) is 17.1 Å². The molecule has 0 fully saturated rings. The first kappa shape index (κ1) is 11.3. The summed E-state index contributed by atoms with van der Waals surface area (Å²) < 4.78 is 31.5. The van der Waals surface area contributed by atoms with Crippen LogP contribution < -0.4 is 4.74 Å². The second-order valence-electron chi connectivity index (χ2n) is 3.37. The summed E-state index contributed by atoms with van der Waals surface area (Å²) in [6.07, 6.45) is 0.537. The molecule has 0 spiro atoms. The molecular formula is C13H8F2O2. The second kappa shape index (κ2) is 4.74. The summed E-state index contributed by atoms with van der Waals surface area (Å²) in [7, 11) is 0. The van der Waals surface area contributed by atoms with Gasteiger partial charge < -0.3 is 4.74 Å². The number of halogens is 2. The van der Waals surface area contributed by atoms with Crippen molar-refractivity contribution < 1.29 is 18.3 Å². The van der Waals surface area contributed by atoms with Crippen LogP contribution in [0.5, 0.6) is 11.5 Å². The molecule has 0 bridgehead atoms. The number of aldehydes is 1. The van der Waals surface area contributed by atoms with Gasteiger partial charge in [-0.15, -0.1) is 0 Å². The zero-order chi connectivity index (χ0) is 12.3. The Kier molecular flexibility index (Phi) is 3.14. The Bertz CT molecular complexity index is 553. The van der Waals surface area contributed by atoms with Crippen LogP contribution in [0.25, 0.3) is 0 Å². The molecule has 0 aromatic heterocycles. The minimum absolute atomic E-state index is 0.0544. The molecule has 0 aliphatic rings. The van der Waals surface area contributed by atoms with Gasteiger partial charge in [-0.3, -0.25) is 4.79 Å². The molecule has 86 valence electrons. The molecule has 2 nitrogen and oxygen atoms in total. The summed E-state index contributed by atoms with van der Waals surface area (Å²) in [4.78, 5) is 10.4. The minimum atomic E-state index is -0.668. The fourth-order valence-electron chi connectivity index (χ4n) is 1.33. The lowest BCUT2D eigenvalue weighted by molar-refractivity contribution is 0.112. The largest absolute Gasteiger partial charge is 0.454 e. The van der Waals surface area contributed by atoms with E-state index in [0.717, 1.165) is 12.1 Å². The van der Waals surface area contributed by atoms with Crippen LogP contribution in [0.1, 0.15) is 10.4 Å². The van der Waals surface area contributed by atoms with E-state index >= 15 is 0 Å². The molecule has 0 radical (unpaired) electrons. The third-order valence-corrected chi connectivity index (χ3v) is 2.12. The van der Waals surface area contributed by atoms with E-state index in [0.29, 0.717) is 6.29 Å². The highest BCUT2D eigenvalue weighted by Gasteiger charge is 2.06. The van der Waals surface area contributed by atoms with Crippen LogP contribution in [0.3, 0.4) is 0 Å². The Morgan fingerprint density at radius 2 is 1.88 bits per heavy atom. The van der Waals surface area contributed by atoms with Crippen LogP contribution in [0.2, 0.25) is 0 Å². The lowest BCUT2D eigenvalue weighted by atomic mass is 10.2. The first-order valence-electron chi connectivity index (χ1n) is 4.87. The number of carbonyl (C=O) groups is 1. The Morgan fingerprint density at radius 3 is 2.53 bits per heavy atom. The molecular weight excluding hydrogens is 226 g/mol. The first-order chi connectivity index (χ1) is 8.19. The summed E-state index contributed by atoms with van der Waals surface area (Å²) in [6.45, 7) is 0. The van der Waals surface area contributed by atoms with Crippen molar-refractivity contribution in [2.75, 3.05) is 0 Å². The number of hydrogen-bond acceptors (Lipinski definition) is 2.